The van der Waals surface area contributed by atoms with Crippen LogP contribution in [0.15, 0.2) is 42.6 Å². The number of carbonyl (C=O) groups excluding carboxylic acids is 1. The number of anilines is 1. The van der Waals surface area contributed by atoms with Crippen molar-refractivity contribution in [1.82, 2.24) is 15.0 Å². The van der Waals surface area contributed by atoms with Crippen LogP contribution < -0.4 is 14.9 Å². The van der Waals surface area contributed by atoms with E-state index in [1.54, 1.807) is 24.4 Å². The molecule has 7 nitrogen and oxygen atoms in total. The van der Waals surface area contributed by atoms with Gasteiger partial charge in [-0.3, -0.25) is 9.78 Å². The Labute approximate surface area is 191 Å². The lowest BCUT2D eigenvalue weighted by Gasteiger charge is -2.29. The molecule has 2 aromatic carbocycles. The lowest BCUT2D eigenvalue weighted by atomic mass is 9.97. The summed E-state index contributed by atoms with van der Waals surface area (Å²) in [5.74, 6) is -2.93. The molecule has 2 N–H and O–H groups in total. The van der Waals surface area contributed by atoms with Crippen LogP contribution in [-0.4, -0.2) is 51.9 Å². The molecule has 0 aliphatic carbocycles. The van der Waals surface area contributed by atoms with Crippen molar-refractivity contribution >= 4 is 33.3 Å². The van der Waals surface area contributed by atoms with Gasteiger partial charge in [-0.15, -0.1) is 0 Å². The summed E-state index contributed by atoms with van der Waals surface area (Å²) in [6.07, 6.45) is 2.48. The minimum Gasteiger partial charge on any atom is -0.368 e. The fourth-order valence-corrected chi connectivity index (χ4v) is 4.27. The second-order valence-electron chi connectivity index (χ2n) is 7.88. The molecule has 0 unspecified atom stereocenters. The first kappa shape index (κ1) is 23.2. The molecule has 1 aliphatic rings. The number of piperazine rings is 1. The molecule has 1 saturated heterocycles. The Kier molecular flexibility index (Phi) is 7.26. The number of nitrogens with zero attached hydrogens (tertiary/aromatic N) is 2. The molecule has 10 heteroatoms. The summed E-state index contributed by atoms with van der Waals surface area (Å²) in [6.45, 7) is 3.63. The Balaban J connectivity index is 1.60. The average Bonchev–Trinajstić information content (AvgIpc) is 2.83. The maximum Gasteiger partial charge on any atom is 0.201 e. The molecule has 1 aromatic heterocycles. The molecular weight excluding hydrogens is 450 g/mol. The number of aromatic nitrogens is 1. The quantitative estimate of drug-likeness (QED) is 0.264. The van der Waals surface area contributed by atoms with E-state index in [4.69, 9.17) is 0 Å². The van der Waals surface area contributed by atoms with Gasteiger partial charge in [-0.25, -0.2) is 21.9 Å². The number of hydrogen-bond donors (Lipinski definition) is 3. The fourth-order valence-electron chi connectivity index (χ4n) is 3.93. The maximum absolute atomic E-state index is 14.5. The van der Waals surface area contributed by atoms with Gasteiger partial charge in [0.1, 0.15) is 0 Å². The zero-order valence-electron chi connectivity index (χ0n) is 17.8. The Hall–Kier alpha value is -2.95. The maximum atomic E-state index is 14.5. The smallest absolute Gasteiger partial charge is 0.201 e. The summed E-state index contributed by atoms with van der Waals surface area (Å²) < 4.78 is 52.1. The first-order valence-corrected chi connectivity index (χ1v) is 11.9. The lowest BCUT2D eigenvalue weighted by molar-refractivity contribution is 0.103. The first-order chi connectivity index (χ1) is 15.9. The van der Waals surface area contributed by atoms with E-state index in [0.717, 1.165) is 43.3 Å². The minimum absolute atomic E-state index is 0.175. The van der Waals surface area contributed by atoms with Crippen molar-refractivity contribution in [1.29, 1.82) is 0 Å². The number of carbonyl (C=O) groups is 1. The van der Waals surface area contributed by atoms with E-state index in [9.17, 15) is 22.0 Å². The van der Waals surface area contributed by atoms with Crippen LogP contribution in [0.4, 0.5) is 14.5 Å². The van der Waals surface area contributed by atoms with Gasteiger partial charge in [-0.05, 0) is 54.8 Å². The zero-order valence-corrected chi connectivity index (χ0v) is 18.7. The number of thiol groups is 1. The highest BCUT2D eigenvalue weighted by Crippen LogP contribution is 2.24. The third-order valence-corrected chi connectivity index (χ3v) is 6.11. The standard InChI is InChI=1S/C23H24F2N4O3S/c24-20-11-15(2-1-5-28-33(31)32)10-19(22(20)25)23(30)16-3-4-21-17(12-16)13-18(14-27-21)29-8-6-26-7-9-29/h3-4,10-14,26,33H,1-2,5-9H2,(H,28,31,32). The molecular formula is C23H24F2N4O3S. The third-order valence-electron chi connectivity index (χ3n) is 5.63. The van der Waals surface area contributed by atoms with Crippen LogP contribution in [0, 0.1) is 11.6 Å². The molecule has 0 spiro atoms. The molecule has 33 heavy (non-hydrogen) atoms. The van der Waals surface area contributed by atoms with Crippen LogP contribution in [0.5, 0.6) is 0 Å². The van der Waals surface area contributed by atoms with Crippen LogP contribution in [-0.2, 0) is 17.3 Å². The molecule has 3 aromatic rings. The number of aryl methyl sites for hydroxylation is 1. The second kappa shape index (κ2) is 10.3. The summed E-state index contributed by atoms with van der Waals surface area (Å²) in [4.78, 5) is 19.8. The SMILES string of the molecule is O=C(c1ccc2ncc(N3CCNCC3)cc2c1)c1cc(CCCN[SH](=O)=O)cc(F)c1F. The molecule has 0 saturated carbocycles. The highest BCUT2D eigenvalue weighted by Gasteiger charge is 2.20. The highest BCUT2D eigenvalue weighted by molar-refractivity contribution is 7.70. The number of benzene rings is 2. The van der Waals surface area contributed by atoms with E-state index < -0.39 is 28.3 Å². The molecule has 0 radical (unpaired) electrons. The van der Waals surface area contributed by atoms with Crippen LogP contribution in [0.2, 0.25) is 0 Å². The largest absolute Gasteiger partial charge is 0.368 e. The number of hydrogen-bond acceptors (Lipinski definition) is 6. The van der Waals surface area contributed by atoms with Crippen molar-refractivity contribution in [3.05, 3.63) is 70.9 Å². The number of rotatable bonds is 8. The van der Waals surface area contributed by atoms with Crippen LogP contribution in [0.25, 0.3) is 10.9 Å². The van der Waals surface area contributed by atoms with Gasteiger partial charge in [0.15, 0.2) is 17.4 Å². The number of fused-ring (bicyclic) bond motifs is 1. The van der Waals surface area contributed by atoms with Crippen LogP contribution in [0.1, 0.15) is 27.9 Å². The predicted octanol–water partition coefficient (Wildman–Crippen LogP) is 2.20. The van der Waals surface area contributed by atoms with E-state index in [0.29, 0.717) is 23.9 Å². The Morgan fingerprint density at radius 1 is 1.12 bits per heavy atom. The molecule has 174 valence electrons. The van der Waals surface area contributed by atoms with Crippen molar-refractivity contribution in [2.45, 2.75) is 12.8 Å². The van der Waals surface area contributed by atoms with Crippen LogP contribution >= 0.6 is 0 Å². The summed E-state index contributed by atoms with van der Waals surface area (Å²) >= 11 is 0. The van der Waals surface area contributed by atoms with E-state index >= 15 is 0 Å². The summed E-state index contributed by atoms with van der Waals surface area (Å²) in [7, 11) is -2.71. The molecule has 0 amide bonds. The van der Waals surface area contributed by atoms with E-state index in [-0.39, 0.29) is 17.7 Å². The van der Waals surface area contributed by atoms with E-state index in [1.165, 1.54) is 6.07 Å². The Morgan fingerprint density at radius 3 is 2.67 bits per heavy atom. The van der Waals surface area contributed by atoms with Crippen molar-refractivity contribution in [3.63, 3.8) is 0 Å². The van der Waals surface area contributed by atoms with Crippen LogP contribution in [0.3, 0.4) is 0 Å². The number of halogens is 2. The van der Waals surface area contributed by atoms with Gasteiger partial charge in [0.05, 0.1) is 23.0 Å². The molecule has 1 fully saturated rings. The van der Waals surface area contributed by atoms with E-state index in [1.807, 2.05) is 6.07 Å². The van der Waals surface area contributed by atoms with Crippen molar-refractivity contribution in [3.8, 4) is 0 Å². The predicted molar refractivity (Wildman–Crippen MR) is 123 cm³/mol. The van der Waals surface area contributed by atoms with Gasteiger partial charge in [-0.1, -0.05) is 0 Å². The second-order valence-corrected chi connectivity index (χ2v) is 8.71. The number of nitrogens with one attached hydrogen (secondary N) is 2. The first-order valence-electron chi connectivity index (χ1n) is 10.7. The van der Waals surface area contributed by atoms with Crippen molar-refractivity contribution < 1.29 is 22.0 Å². The topological polar surface area (TPSA) is 91.4 Å². The molecule has 1 aliphatic heterocycles. The normalized spacial score (nSPS) is 14.2. The molecule has 0 bridgehead atoms. The molecule has 0 atom stereocenters. The van der Waals surface area contributed by atoms with Gasteiger partial charge in [0.25, 0.3) is 0 Å². The highest BCUT2D eigenvalue weighted by atomic mass is 32.2. The summed E-state index contributed by atoms with van der Waals surface area (Å²) in [5, 5.41) is 4.04. The Bertz CT molecular complexity index is 1250. The van der Waals surface area contributed by atoms with Gasteiger partial charge < -0.3 is 10.2 Å². The van der Waals surface area contributed by atoms with E-state index in [2.05, 4.69) is 19.9 Å². The van der Waals surface area contributed by atoms with Gasteiger partial charge in [0, 0.05) is 43.7 Å². The zero-order chi connectivity index (χ0) is 23.4. The van der Waals surface area contributed by atoms with Crippen molar-refractivity contribution in [2.24, 2.45) is 0 Å². The molecule has 2 heterocycles. The van der Waals surface area contributed by atoms with Gasteiger partial charge in [0.2, 0.25) is 10.9 Å². The fraction of sp³-hybridized carbons (Fsp3) is 0.304. The summed E-state index contributed by atoms with van der Waals surface area (Å²) in [5.41, 5.74) is 1.96. The number of ketones is 1. The Morgan fingerprint density at radius 2 is 1.91 bits per heavy atom. The summed E-state index contributed by atoms with van der Waals surface area (Å²) in [6, 6.07) is 9.21. The number of pyridine rings is 1. The average molecular weight is 475 g/mol. The monoisotopic (exact) mass is 474 g/mol. The van der Waals surface area contributed by atoms with Gasteiger partial charge >= 0.3 is 0 Å². The lowest BCUT2D eigenvalue weighted by Crippen LogP contribution is -2.43. The van der Waals surface area contributed by atoms with Crippen molar-refractivity contribution in [2.75, 3.05) is 37.6 Å². The molecule has 4 rings (SSSR count). The third kappa shape index (κ3) is 5.52. The van der Waals surface area contributed by atoms with Gasteiger partial charge in [-0.2, -0.15) is 0 Å². The minimum atomic E-state index is -2.71.